The van der Waals surface area contributed by atoms with E-state index in [0.717, 1.165) is 22.5 Å². The highest BCUT2D eigenvalue weighted by Crippen LogP contribution is 2.28. The monoisotopic (exact) mass is 337 g/mol. The second kappa shape index (κ2) is 6.37. The van der Waals surface area contributed by atoms with E-state index in [2.05, 4.69) is 24.3 Å². The average molecular weight is 337 g/mol. The lowest BCUT2D eigenvalue weighted by molar-refractivity contribution is -0.128. The molecule has 0 saturated heterocycles. The van der Waals surface area contributed by atoms with Gasteiger partial charge < -0.3 is 16.8 Å². The number of primary amides is 2. The molecule has 0 aromatic carbocycles. The SMILES string of the molecule is Cc1nn(CC(C)C)c2sc(C(=O)NC(C(N)=O)C(N)=O)cc12. The molecule has 0 aliphatic carbocycles. The van der Waals surface area contributed by atoms with Crippen LogP contribution >= 0.6 is 11.3 Å². The Balaban J connectivity index is 2.31. The number of fused-ring (bicyclic) bond motifs is 1. The summed E-state index contributed by atoms with van der Waals surface area (Å²) in [6, 6.07) is 0.161. The van der Waals surface area contributed by atoms with Gasteiger partial charge in [-0.1, -0.05) is 13.8 Å². The maximum Gasteiger partial charge on any atom is 0.262 e. The number of hydrogen-bond acceptors (Lipinski definition) is 5. The lowest BCUT2D eigenvalue weighted by Gasteiger charge is -2.10. The van der Waals surface area contributed by atoms with Crippen molar-refractivity contribution in [3.63, 3.8) is 0 Å². The van der Waals surface area contributed by atoms with E-state index < -0.39 is 23.8 Å². The van der Waals surface area contributed by atoms with Gasteiger partial charge in [-0.2, -0.15) is 5.10 Å². The van der Waals surface area contributed by atoms with Gasteiger partial charge in [0, 0.05) is 11.9 Å². The van der Waals surface area contributed by atoms with Crippen molar-refractivity contribution in [2.75, 3.05) is 0 Å². The maximum atomic E-state index is 12.2. The lowest BCUT2D eigenvalue weighted by Crippen LogP contribution is -2.52. The van der Waals surface area contributed by atoms with Crippen LogP contribution in [0.1, 0.15) is 29.2 Å². The molecular weight excluding hydrogens is 318 g/mol. The molecule has 2 heterocycles. The molecule has 23 heavy (non-hydrogen) atoms. The molecule has 8 nitrogen and oxygen atoms in total. The highest BCUT2D eigenvalue weighted by atomic mass is 32.1. The number of carbonyl (C=O) groups excluding carboxylic acids is 3. The van der Waals surface area contributed by atoms with E-state index in [1.54, 1.807) is 6.07 Å². The summed E-state index contributed by atoms with van der Waals surface area (Å²) in [6.45, 7) is 6.75. The zero-order valence-electron chi connectivity index (χ0n) is 13.1. The van der Waals surface area contributed by atoms with Crippen LogP contribution in [-0.4, -0.2) is 33.5 Å². The van der Waals surface area contributed by atoms with E-state index in [0.29, 0.717) is 10.8 Å². The number of hydrogen-bond donors (Lipinski definition) is 3. The van der Waals surface area contributed by atoms with Crippen molar-refractivity contribution in [1.29, 1.82) is 0 Å². The van der Waals surface area contributed by atoms with Gasteiger partial charge in [0.25, 0.3) is 5.91 Å². The highest BCUT2D eigenvalue weighted by molar-refractivity contribution is 7.20. The molecule has 5 N–H and O–H groups in total. The first-order chi connectivity index (χ1) is 10.7. The lowest BCUT2D eigenvalue weighted by atomic mass is 10.2. The number of amides is 3. The van der Waals surface area contributed by atoms with Crippen molar-refractivity contribution in [3.8, 4) is 0 Å². The van der Waals surface area contributed by atoms with Crippen LogP contribution in [0.5, 0.6) is 0 Å². The molecule has 124 valence electrons. The van der Waals surface area contributed by atoms with Crippen molar-refractivity contribution in [2.24, 2.45) is 17.4 Å². The van der Waals surface area contributed by atoms with Gasteiger partial charge in [-0.05, 0) is 18.9 Å². The van der Waals surface area contributed by atoms with Crippen LogP contribution < -0.4 is 16.8 Å². The number of carbonyl (C=O) groups is 3. The second-order valence-electron chi connectivity index (χ2n) is 5.70. The van der Waals surface area contributed by atoms with Crippen LogP contribution in [0.15, 0.2) is 6.07 Å². The standard InChI is InChI=1S/C14H19N5O3S/c1-6(2)5-19-14-8(7(3)18-19)4-9(23-14)13(22)17-10(11(15)20)12(16)21/h4,6,10H,5H2,1-3H3,(H2,15,20)(H2,16,21)(H,17,22). The number of rotatable bonds is 6. The van der Waals surface area contributed by atoms with Gasteiger partial charge in [0.1, 0.15) is 4.83 Å². The summed E-state index contributed by atoms with van der Waals surface area (Å²) in [5.74, 6) is -2.14. The fourth-order valence-electron chi connectivity index (χ4n) is 2.18. The summed E-state index contributed by atoms with van der Waals surface area (Å²) in [5.41, 5.74) is 10.9. The summed E-state index contributed by atoms with van der Waals surface area (Å²) in [4.78, 5) is 35.8. The molecule has 0 aliphatic heterocycles. The molecule has 0 atom stereocenters. The molecule has 2 rings (SSSR count). The predicted molar refractivity (Wildman–Crippen MR) is 86.8 cm³/mol. The Labute approximate surface area is 136 Å². The summed E-state index contributed by atoms with van der Waals surface area (Å²) in [7, 11) is 0. The molecule has 2 aromatic rings. The van der Waals surface area contributed by atoms with Gasteiger partial charge in [0.05, 0.1) is 10.6 Å². The quantitative estimate of drug-likeness (QED) is 0.646. The topological polar surface area (TPSA) is 133 Å². The third-order valence-corrected chi connectivity index (χ3v) is 4.36. The number of thiophene rings is 1. The van der Waals surface area contributed by atoms with Crippen LogP contribution in [-0.2, 0) is 16.1 Å². The molecule has 3 amide bonds. The van der Waals surface area contributed by atoms with Gasteiger partial charge in [-0.15, -0.1) is 11.3 Å². The first kappa shape index (κ1) is 16.9. The summed E-state index contributed by atoms with van der Waals surface area (Å²) in [6.07, 6.45) is 0. The fraction of sp³-hybridized carbons (Fsp3) is 0.429. The molecule has 0 bridgehead atoms. The first-order valence-corrected chi connectivity index (χ1v) is 7.88. The summed E-state index contributed by atoms with van der Waals surface area (Å²) >= 11 is 1.24. The molecule has 2 aromatic heterocycles. The minimum atomic E-state index is -1.53. The van der Waals surface area contributed by atoms with E-state index >= 15 is 0 Å². The average Bonchev–Trinajstić information content (AvgIpc) is 2.97. The molecular formula is C14H19N5O3S. The minimum Gasteiger partial charge on any atom is -0.367 e. The van der Waals surface area contributed by atoms with Gasteiger partial charge in [0.15, 0.2) is 6.04 Å². The van der Waals surface area contributed by atoms with E-state index in [1.807, 2.05) is 11.6 Å². The summed E-state index contributed by atoms with van der Waals surface area (Å²) < 4.78 is 1.86. The Morgan fingerprint density at radius 1 is 1.30 bits per heavy atom. The van der Waals surface area contributed by atoms with Crippen molar-refractivity contribution in [2.45, 2.75) is 33.4 Å². The first-order valence-electron chi connectivity index (χ1n) is 7.07. The van der Waals surface area contributed by atoms with Crippen molar-refractivity contribution in [3.05, 3.63) is 16.6 Å². The molecule has 0 unspecified atom stereocenters. The highest BCUT2D eigenvalue weighted by Gasteiger charge is 2.26. The van der Waals surface area contributed by atoms with Crippen molar-refractivity contribution >= 4 is 39.3 Å². The van der Waals surface area contributed by atoms with Crippen LogP contribution in [0.2, 0.25) is 0 Å². The fourth-order valence-corrected chi connectivity index (χ4v) is 3.25. The normalized spacial score (nSPS) is 11.3. The molecule has 0 saturated carbocycles. The Morgan fingerprint density at radius 3 is 2.43 bits per heavy atom. The third kappa shape index (κ3) is 3.50. The number of aromatic nitrogens is 2. The van der Waals surface area contributed by atoms with Gasteiger partial charge in [0.2, 0.25) is 11.8 Å². The molecule has 0 aliphatic rings. The number of nitrogens with zero attached hydrogens (tertiary/aromatic N) is 2. The van der Waals surface area contributed by atoms with Crippen LogP contribution in [0.3, 0.4) is 0 Å². The minimum absolute atomic E-state index is 0.366. The number of nitrogens with one attached hydrogen (secondary N) is 1. The zero-order chi connectivity index (χ0) is 17.3. The summed E-state index contributed by atoms with van der Waals surface area (Å²) in [5, 5.41) is 7.58. The molecule has 9 heteroatoms. The maximum absolute atomic E-state index is 12.2. The van der Waals surface area contributed by atoms with Crippen molar-refractivity contribution in [1.82, 2.24) is 15.1 Å². The van der Waals surface area contributed by atoms with E-state index in [4.69, 9.17) is 11.5 Å². The molecule has 0 radical (unpaired) electrons. The Hall–Kier alpha value is -2.42. The molecule has 0 fully saturated rings. The Morgan fingerprint density at radius 2 is 1.91 bits per heavy atom. The number of aryl methyl sites for hydroxylation is 1. The smallest absolute Gasteiger partial charge is 0.262 e. The van der Waals surface area contributed by atoms with Crippen LogP contribution in [0.4, 0.5) is 0 Å². The van der Waals surface area contributed by atoms with Gasteiger partial charge in [-0.25, -0.2) is 0 Å². The van der Waals surface area contributed by atoms with Gasteiger partial charge >= 0.3 is 0 Å². The van der Waals surface area contributed by atoms with Crippen molar-refractivity contribution < 1.29 is 14.4 Å². The Kier molecular flexibility index (Phi) is 4.69. The van der Waals surface area contributed by atoms with Crippen LogP contribution in [0.25, 0.3) is 10.2 Å². The van der Waals surface area contributed by atoms with Gasteiger partial charge in [-0.3, -0.25) is 19.1 Å². The van der Waals surface area contributed by atoms with E-state index in [1.165, 1.54) is 11.3 Å². The Bertz CT molecular complexity index is 763. The predicted octanol–water partition coefficient (Wildman–Crippen LogP) is 0.131. The third-order valence-electron chi connectivity index (χ3n) is 3.21. The van der Waals surface area contributed by atoms with E-state index in [9.17, 15) is 14.4 Å². The molecule has 0 spiro atoms. The van der Waals surface area contributed by atoms with E-state index in [-0.39, 0.29) is 0 Å². The largest absolute Gasteiger partial charge is 0.367 e. The number of nitrogens with two attached hydrogens (primary N) is 2. The van der Waals surface area contributed by atoms with Crippen LogP contribution in [0, 0.1) is 12.8 Å². The zero-order valence-corrected chi connectivity index (χ0v) is 13.9. The second-order valence-corrected chi connectivity index (χ2v) is 6.73.